The van der Waals surface area contributed by atoms with Gasteiger partial charge in [0.15, 0.2) is 5.69 Å². The molecule has 2 N–H and O–H groups in total. The van der Waals surface area contributed by atoms with Crippen molar-refractivity contribution in [2.24, 2.45) is 11.8 Å². The number of carboxylic acids is 1. The molecular weight excluding hydrogens is 337 g/mol. The Morgan fingerprint density at radius 3 is 2.48 bits per heavy atom. The second-order valence-corrected chi connectivity index (χ2v) is 7.10. The number of sulfonamides is 1. The predicted octanol–water partition coefficient (Wildman–Crippen LogP) is 2.13. The van der Waals surface area contributed by atoms with Crippen molar-refractivity contribution in [2.45, 2.75) is 31.3 Å². The standard InChI is InChI=1S/C13H17F3N2O4S/c1-8(2)6-9(12(19)20)7-18-23(21,22)10-4-3-5-17-11(10)13(14,15)16/h3-5,8-9,18H,6-7H2,1-2H3,(H,19,20). The molecule has 1 rings (SSSR count). The van der Waals surface area contributed by atoms with E-state index in [1.165, 1.54) is 0 Å². The number of alkyl halides is 3. The van der Waals surface area contributed by atoms with Crippen LogP contribution < -0.4 is 4.72 Å². The third-order valence-corrected chi connectivity index (χ3v) is 4.41. The predicted molar refractivity (Wildman–Crippen MR) is 75.0 cm³/mol. The van der Waals surface area contributed by atoms with Gasteiger partial charge in [0.1, 0.15) is 4.90 Å². The normalized spacial score (nSPS) is 14.0. The van der Waals surface area contributed by atoms with Crippen LogP contribution in [0.4, 0.5) is 13.2 Å². The van der Waals surface area contributed by atoms with Crippen LogP contribution in [-0.2, 0) is 21.0 Å². The van der Waals surface area contributed by atoms with Crippen LogP contribution in [0.15, 0.2) is 23.2 Å². The van der Waals surface area contributed by atoms with Crippen LogP contribution in [0.2, 0.25) is 0 Å². The quantitative estimate of drug-likeness (QED) is 0.782. The highest BCUT2D eigenvalue weighted by atomic mass is 32.2. The number of hydrogen-bond donors (Lipinski definition) is 2. The summed E-state index contributed by atoms with van der Waals surface area (Å²) in [5, 5.41) is 9.05. The van der Waals surface area contributed by atoms with Gasteiger partial charge in [0, 0.05) is 12.7 Å². The summed E-state index contributed by atoms with van der Waals surface area (Å²) in [6.07, 6.45) is -3.91. The molecule has 0 bridgehead atoms. The van der Waals surface area contributed by atoms with E-state index >= 15 is 0 Å². The van der Waals surface area contributed by atoms with Crippen molar-refractivity contribution in [1.82, 2.24) is 9.71 Å². The highest BCUT2D eigenvalue weighted by Crippen LogP contribution is 2.32. The Hall–Kier alpha value is -1.68. The van der Waals surface area contributed by atoms with Gasteiger partial charge in [-0.25, -0.2) is 13.1 Å². The maximum absolute atomic E-state index is 12.8. The Bertz CT molecular complexity index is 659. The van der Waals surface area contributed by atoms with Crippen molar-refractivity contribution in [3.05, 3.63) is 24.0 Å². The van der Waals surface area contributed by atoms with Crippen molar-refractivity contribution in [2.75, 3.05) is 6.54 Å². The minimum atomic E-state index is -4.94. The first-order valence-corrected chi connectivity index (χ1v) is 8.18. The van der Waals surface area contributed by atoms with E-state index in [1.807, 2.05) is 4.72 Å². The third-order valence-electron chi connectivity index (χ3n) is 2.95. The Morgan fingerprint density at radius 1 is 1.39 bits per heavy atom. The fourth-order valence-electron chi connectivity index (χ4n) is 1.95. The van der Waals surface area contributed by atoms with Crippen molar-refractivity contribution >= 4 is 16.0 Å². The number of pyridine rings is 1. The largest absolute Gasteiger partial charge is 0.481 e. The molecular formula is C13H17F3N2O4S. The summed E-state index contributed by atoms with van der Waals surface area (Å²) >= 11 is 0. The molecule has 0 saturated carbocycles. The topological polar surface area (TPSA) is 96.4 Å². The van der Waals surface area contributed by atoms with Gasteiger partial charge in [-0.05, 0) is 24.5 Å². The van der Waals surface area contributed by atoms with E-state index in [0.717, 1.165) is 18.3 Å². The molecule has 6 nitrogen and oxygen atoms in total. The van der Waals surface area contributed by atoms with Crippen LogP contribution in [0.3, 0.4) is 0 Å². The molecule has 1 unspecified atom stereocenters. The van der Waals surface area contributed by atoms with Gasteiger partial charge in [-0.2, -0.15) is 13.2 Å². The fraction of sp³-hybridized carbons (Fsp3) is 0.538. The molecule has 0 aliphatic heterocycles. The van der Waals surface area contributed by atoms with Gasteiger partial charge in [-0.15, -0.1) is 0 Å². The summed E-state index contributed by atoms with van der Waals surface area (Å²) in [6.45, 7) is 3.02. The second kappa shape index (κ2) is 7.26. The van der Waals surface area contributed by atoms with Crippen molar-refractivity contribution in [3.63, 3.8) is 0 Å². The fourth-order valence-corrected chi connectivity index (χ4v) is 3.21. The van der Waals surface area contributed by atoms with E-state index in [9.17, 15) is 26.4 Å². The van der Waals surface area contributed by atoms with E-state index in [2.05, 4.69) is 4.98 Å². The van der Waals surface area contributed by atoms with Crippen LogP contribution in [-0.4, -0.2) is 31.0 Å². The first-order chi connectivity index (χ1) is 10.4. The molecule has 0 spiro atoms. The molecule has 0 fully saturated rings. The summed E-state index contributed by atoms with van der Waals surface area (Å²) in [7, 11) is -4.53. The van der Waals surface area contributed by atoms with E-state index in [-0.39, 0.29) is 12.3 Å². The lowest BCUT2D eigenvalue weighted by Gasteiger charge is -2.17. The van der Waals surface area contributed by atoms with Gasteiger partial charge in [0.25, 0.3) is 0 Å². The number of nitrogens with zero attached hydrogens (tertiary/aromatic N) is 1. The number of halogens is 3. The van der Waals surface area contributed by atoms with Gasteiger partial charge in [-0.3, -0.25) is 9.78 Å². The summed E-state index contributed by atoms with van der Waals surface area (Å²) in [5.41, 5.74) is -1.54. The Kier molecular flexibility index (Phi) is 6.11. The summed E-state index contributed by atoms with van der Waals surface area (Å²) in [5.74, 6) is -2.26. The van der Waals surface area contributed by atoms with Crippen LogP contribution in [0, 0.1) is 11.8 Å². The molecule has 10 heteroatoms. The molecule has 130 valence electrons. The molecule has 0 aliphatic carbocycles. The molecule has 1 aromatic rings. The minimum Gasteiger partial charge on any atom is -0.481 e. The molecule has 0 amide bonds. The monoisotopic (exact) mass is 354 g/mol. The van der Waals surface area contributed by atoms with E-state index < -0.39 is 45.2 Å². The summed E-state index contributed by atoms with van der Waals surface area (Å²) in [6, 6.07) is 1.84. The van der Waals surface area contributed by atoms with Gasteiger partial charge in [0.05, 0.1) is 5.92 Å². The van der Waals surface area contributed by atoms with Gasteiger partial charge >= 0.3 is 12.1 Å². The van der Waals surface area contributed by atoms with Crippen LogP contribution in [0.5, 0.6) is 0 Å². The number of nitrogens with one attached hydrogen (secondary N) is 1. The number of aromatic nitrogens is 1. The molecule has 1 heterocycles. The first kappa shape index (κ1) is 19.4. The first-order valence-electron chi connectivity index (χ1n) is 6.70. The average molecular weight is 354 g/mol. The maximum atomic E-state index is 12.8. The molecule has 0 aromatic carbocycles. The number of carboxylic acid groups (broad SMARTS) is 1. The number of aliphatic carboxylic acids is 1. The molecule has 0 radical (unpaired) electrons. The molecule has 23 heavy (non-hydrogen) atoms. The third kappa shape index (κ3) is 5.47. The zero-order valence-corrected chi connectivity index (χ0v) is 13.3. The van der Waals surface area contributed by atoms with Crippen molar-refractivity contribution in [1.29, 1.82) is 0 Å². The van der Waals surface area contributed by atoms with Crippen LogP contribution >= 0.6 is 0 Å². The highest BCUT2D eigenvalue weighted by molar-refractivity contribution is 7.89. The lowest BCUT2D eigenvalue weighted by Crippen LogP contribution is -2.34. The van der Waals surface area contributed by atoms with Crippen molar-refractivity contribution < 1.29 is 31.5 Å². The van der Waals surface area contributed by atoms with Gasteiger partial charge in [-0.1, -0.05) is 13.8 Å². The lowest BCUT2D eigenvalue weighted by molar-refractivity contribution is -0.144. The van der Waals surface area contributed by atoms with Gasteiger partial charge < -0.3 is 5.11 Å². The van der Waals surface area contributed by atoms with E-state index in [4.69, 9.17) is 5.11 Å². The van der Waals surface area contributed by atoms with Crippen LogP contribution in [0.25, 0.3) is 0 Å². The number of hydrogen-bond acceptors (Lipinski definition) is 4. The average Bonchev–Trinajstić information content (AvgIpc) is 2.42. The minimum absolute atomic E-state index is 0.00951. The Labute approximate surface area is 131 Å². The van der Waals surface area contributed by atoms with E-state index in [1.54, 1.807) is 13.8 Å². The highest BCUT2D eigenvalue weighted by Gasteiger charge is 2.39. The Balaban J connectivity index is 3.03. The number of rotatable bonds is 7. The summed E-state index contributed by atoms with van der Waals surface area (Å²) < 4.78 is 64.5. The molecule has 0 aliphatic rings. The smallest absolute Gasteiger partial charge is 0.434 e. The lowest BCUT2D eigenvalue weighted by atomic mass is 9.98. The van der Waals surface area contributed by atoms with Crippen LogP contribution in [0.1, 0.15) is 26.0 Å². The maximum Gasteiger partial charge on any atom is 0.434 e. The van der Waals surface area contributed by atoms with Crippen molar-refractivity contribution in [3.8, 4) is 0 Å². The zero-order chi connectivity index (χ0) is 17.8. The molecule has 1 atom stereocenters. The number of carbonyl (C=O) groups is 1. The molecule has 1 aromatic heterocycles. The summed E-state index contributed by atoms with van der Waals surface area (Å²) in [4.78, 5) is 13.1. The van der Waals surface area contributed by atoms with Gasteiger partial charge in [0.2, 0.25) is 10.0 Å². The second-order valence-electron chi connectivity index (χ2n) is 5.36. The zero-order valence-electron chi connectivity index (χ0n) is 12.5. The molecule has 0 saturated heterocycles. The van der Waals surface area contributed by atoms with E-state index in [0.29, 0.717) is 0 Å². The Morgan fingerprint density at radius 2 is 2.00 bits per heavy atom. The SMILES string of the molecule is CC(C)CC(CNS(=O)(=O)c1cccnc1C(F)(F)F)C(=O)O.